The summed E-state index contributed by atoms with van der Waals surface area (Å²) in [6.07, 6.45) is 3.93. The number of nitrogens with two attached hydrogens (primary N) is 1. The van der Waals surface area contributed by atoms with Crippen LogP contribution in [0.2, 0.25) is 0 Å². The summed E-state index contributed by atoms with van der Waals surface area (Å²) in [5, 5.41) is 2.73. The van der Waals surface area contributed by atoms with Gasteiger partial charge in [-0.3, -0.25) is 9.59 Å². The molecule has 0 bridgehead atoms. The molecule has 1 aliphatic rings. The number of piperidine rings is 1. The van der Waals surface area contributed by atoms with Crippen LogP contribution >= 0.6 is 0 Å². The van der Waals surface area contributed by atoms with Gasteiger partial charge in [-0.1, -0.05) is 13.8 Å². The van der Waals surface area contributed by atoms with Gasteiger partial charge in [0.25, 0.3) is 0 Å². The van der Waals surface area contributed by atoms with Gasteiger partial charge in [0.1, 0.15) is 6.04 Å². The summed E-state index contributed by atoms with van der Waals surface area (Å²) in [5.74, 6) is 0.144. The summed E-state index contributed by atoms with van der Waals surface area (Å²) in [4.78, 5) is 25.9. The van der Waals surface area contributed by atoms with Crippen molar-refractivity contribution in [2.24, 2.45) is 11.7 Å². The minimum atomic E-state index is -0.531. The molecule has 0 aromatic carbocycles. The van der Waals surface area contributed by atoms with Crippen molar-refractivity contribution in [3.63, 3.8) is 0 Å². The van der Waals surface area contributed by atoms with Crippen LogP contribution in [-0.4, -0.2) is 41.9 Å². The van der Waals surface area contributed by atoms with Gasteiger partial charge in [0, 0.05) is 13.1 Å². The van der Waals surface area contributed by atoms with Crippen molar-refractivity contribution in [1.82, 2.24) is 10.2 Å². The Kier molecular flexibility index (Phi) is 6.28. The summed E-state index contributed by atoms with van der Waals surface area (Å²) in [6.45, 7) is 7.38. The molecule has 5 nitrogen and oxygen atoms in total. The van der Waals surface area contributed by atoms with E-state index >= 15 is 0 Å². The summed E-state index contributed by atoms with van der Waals surface area (Å²) in [6, 6.07) is -1.01. The lowest BCUT2D eigenvalue weighted by molar-refractivity contribution is -0.137. The van der Waals surface area contributed by atoms with E-state index in [2.05, 4.69) is 5.32 Å². The van der Waals surface area contributed by atoms with Crippen LogP contribution in [0.5, 0.6) is 0 Å². The largest absolute Gasteiger partial charge is 0.343 e. The highest BCUT2D eigenvalue weighted by atomic mass is 16.2. The first kappa shape index (κ1) is 16.0. The zero-order chi connectivity index (χ0) is 14.4. The van der Waals surface area contributed by atoms with Gasteiger partial charge in [-0.15, -0.1) is 0 Å². The van der Waals surface area contributed by atoms with Crippen LogP contribution in [0.4, 0.5) is 0 Å². The Balaban J connectivity index is 2.42. The van der Waals surface area contributed by atoms with E-state index in [1.165, 1.54) is 6.42 Å². The van der Waals surface area contributed by atoms with Gasteiger partial charge in [-0.2, -0.15) is 0 Å². The average Bonchev–Trinajstić information content (AvgIpc) is 2.37. The van der Waals surface area contributed by atoms with Crippen molar-refractivity contribution in [3.8, 4) is 0 Å². The monoisotopic (exact) mass is 269 g/mol. The molecule has 1 heterocycles. The molecular weight excluding hydrogens is 242 g/mol. The van der Waals surface area contributed by atoms with E-state index in [1.54, 1.807) is 6.92 Å². The van der Waals surface area contributed by atoms with E-state index in [0.29, 0.717) is 12.3 Å². The molecule has 1 fully saturated rings. The van der Waals surface area contributed by atoms with Gasteiger partial charge >= 0.3 is 0 Å². The Hall–Kier alpha value is -1.10. The number of likely N-dealkylation sites (tertiary alicyclic amines) is 1. The van der Waals surface area contributed by atoms with Crippen LogP contribution in [0.15, 0.2) is 0 Å². The topological polar surface area (TPSA) is 75.4 Å². The van der Waals surface area contributed by atoms with Crippen LogP contribution in [0.3, 0.4) is 0 Å². The molecule has 110 valence electrons. The van der Waals surface area contributed by atoms with Gasteiger partial charge in [-0.05, 0) is 38.5 Å². The van der Waals surface area contributed by atoms with Crippen molar-refractivity contribution in [3.05, 3.63) is 0 Å². The van der Waals surface area contributed by atoms with Crippen molar-refractivity contribution in [1.29, 1.82) is 0 Å². The number of carbonyl (C=O) groups is 2. The van der Waals surface area contributed by atoms with E-state index < -0.39 is 12.1 Å². The summed E-state index contributed by atoms with van der Waals surface area (Å²) < 4.78 is 0. The fourth-order valence-corrected chi connectivity index (χ4v) is 2.39. The highest BCUT2D eigenvalue weighted by molar-refractivity contribution is 5.89. The number of carbonyl (C=O) groups excluding carboxylic acids is 2. The molecule has 0 aliphatic carbocycles. The normalized spacial score (nSPS) is 19.1. The zero-order valence-corrected chi connectivity index (χ0v) is 12.3. The Labute approximate surface area is 115 Å². The minimum Gasteiger partial charge on any atom is -0.343 e. The van der Waals surface area contributed by atoms with Crippen molar-refractivity contribution >= 4 is 11.8 Å². The number of rotatable bonds is 5. The molecule has 2 atom stereocenters. The van der Waals surface area contributed by atoms with Crippen LogP contribution < -0.4 is 11.1 Å². The molecular formula is C14H27N3O2. The van der Waals surface area contributed by atoms with Crippen LogP contribution in [-0.2, 0) is 9.59 Å². The third-order valence-electron chi connectivity index (χ3n) is 3.46. The molecule has 0 spiro atoms. The Bertz CT molecular complexity index is 312. The van der Waals surface area contributed by atoms with Gasteiger partial charge in [0.2, 0.25) is 11.8 Å². The maximum absolute atomic E-state index is 12.1. The molecule has 2 amide bonds. The molecule has 3 N–H and O–H groups in total. The number of hydrogen-bond donors (Lipinski definition) is 2. The van der Waals surface area contributed by atoms with Crippen LogP contribution in [0.25, 0.3) is 0 Å². The van der Waals surface area contributed by atoms with Crippen molar-refractivity contribution in [2.75, 3.05) is 13.1 Å². The predicted octanol–water partition coefficient (Wildman–Crippen LogP) is 0.877. The zero-order valence-electron chi connectivity index (χ0n) is 12.3. The summed E-state index contributed by atoms with van der Waals surface area (Å²) >= 11 is 0. The lowest BCUT2D eigenvalue weighted by Gasteiger charge is -2.29. The molecule has 1 saturated heterocycles. The highest BCUT2D eigenvalue weighted by Crippen LogP contribution is 2.10. The Morgan fingerprint density at radius 1 is 1.16 bits per heavy atom. The number of nitrogens with zero attached hydrogens (tertiary/aromatic N) is 1. The molecule has 0 saturated carbocycles. The molecule has 1 rings (SSSR count). The van der Waals surface area contributed by atoms with E-state index in [9.17, 15) is 9.59 Å². The Morgan fingerprint density at radius 2 is 1.74 bits per heavy atom. The lowest BCUT2D eigenvalue weighted by Crippen LogP contribution is -2.52. The standard InChI is InChI=1S/C14H27N3O2/c1-10(2)9-12(15)13(18)16-11(3)14(19)17-7-5-4-6-8-17/h10-12H,4-9,15H2,1-3H3,(H,16,18). The second-order valence-electron chi connectivity index (χ2n) is 5.85. The molecule has 5 heteroatoms. The van der Waals surface area contributed by atoms with E-state index in [1.807, 2.05) is 18.7 Å². The molecule has 0 aromatic rings. The summed E-state index contributed by atoms with van der Waals surface area (Å²) in [5.41, 5.74) is 5.81. The third kappa shape index (κ3) is 5.19. The van der Waals surface area contributed by atoms with E-state index in [4.69, 9.17) is 5.73 Å². The van der Waals surface area contributed by atoms with Crippen molar-refractivity contribution < 1.29 is 9.59 Å². The highest BCUT2D eigenvalue weighted by Gasteiger charge is 2.25. The molecule has 1 aliphatic heterocycles. The first-order valence-electron chi connectivity index (χ1n) is 7.26. The molecule has 19 heavy (non-hydrogen) atoms. The maximum Gasteiger partial charge on any atom is 0.244 e. The summed E-state index contributed by atoms with van der Waals surface area (Å²) in [7, 11) is 0. The fraction of sp³-hybridized carbons (Fsp3) is 0.857. The molecule has 0 radical (unpaired) electrons. The van der Waals surface area contributed by atoms with Crippen LogP contribution in [0.1, 0.15) is 46.5 Å². The number of hydrogen-bond acceptors (Lipinski definition) is 3. The van der Waals surface area contributed by atoms with Gasteiger partial charge < -0.3 is 16.0 Å². The van der Waals surface area contributed by atoms with Gasteiger partial charge in [-0.25, -0.2) is 0 Å². The van der Waals surface area contributed by atoms with Crippen LogP contribution in [0, 0.1) is 5.92 Å². The lowest BCUT2D eigenvalue weighted by atomic mass is 10.0. The molecule has 0 aromatic heterocycles. The first-order chi connectivity index (χ1) is 8.91. The quantitative estimate of drug-likeness (QED) is 0.778. The Morgan fingerprint density at radius 3 is 2.26 bits per heavy atom. The van der Waals surface area contributed by atoms with Gasteiger partial charge in [0.05, 0.1) is 6.04 Å². The average molecular weight is 269 g/mol. The predicted molar refractivity (Wildman–Crippen MR) is 75.5 cm³/mol. The second kappa shape index (κ2) is 7.48. The maximum atomic E-state index is 12.1. The minimum absolute atomic E-state index is 0.00444. The third-order valence-corrected chi connectivity index (χ3v) is 3.46. The van der Waals surface area contributed by atoms with E-state index in [0.717, 1.165) is 25.9 Å². The fourth-order valence-electron chi connectivity index (χ4n) is 2.39. The number of amides is 2. The number of nitrogens with one attached hydrogen (secondary N) is 1. The molecule has 2 unspecified atom stereocenters. The SMILES string of the molecule is CC(C)CC(N)C(=O)NC(C)C(=O)N1CCCCC1. The van der Waals surface area contributed by atoms with Gasteiger partial charge in [0.15, 0.2) is 0 Å². The van der Waals surface area contributed by atoms with Crippen molar-refractivity contribution in [2.45, 2.75) is 58.5 Å². The van der Waals surface area contributed by atoms with E-state index in [-0.39, 0.29) is 11.8 Å². The first-order valence-corrected chi connectivity index (χ1v) is 7.26. The second-order valence-corrected chi connectivity index (χ2v) is 5.85. The smallest absolute Gasteiger partial charge is 0.244 e.